The van der Waals surface area contributed by atoms with E-state index in [1.54, 1.807) is 11.2 Å². The number of alkyl halides is 3. The highest BCUT2D eigenvalue weighted by Crippen LogP contribution is 2.31. The van der Waals surface area contributed by atoms with Gasteiger partial charge in [-0.1, -0.05) is 6.07 Å². The van der Waals surface area contributed by atoms with E-state index in [9.17, 15) is 17.6 Å². The summed E-state index contributed by atoms with van der Waals surface area (Å²) in [6.07, 6.45) is -2.32. The van der Waals surface area contributed by atoms with Crippen molar-refractivity contribution in [3.8, 4) is 0 Å². The van der Waals surface area contributed by atoms with Crippen molar-refractivity contribution in [2.75, 3.05) is 36.0 Å². The second kappa shape index (κ2) is 6.11. The van der Waals surface area contributed by atoms with E-state index in [0.717, 1.165) is 11.5 Å². The van der Waals surface area contributed by atoms with Crippen molar-refractivity contribution in [1.29, 1.82) is 0 Å². The molecular formula is C16H14F4N6. The molecule has 4 heterocycles. The number of nitrogens with zero attached hydrogens (tertiary/aromatic N) is 6. The fraction of sp³-hybridized carbons (Fsp3) is 0.312. The lowest BCUT2D eigenvalue weighted by molar-refractivity contribution is -0.138. The monoisotopic (exact) mass is 366 g/mol. The van der Waals surface area contributed by atoms with Gasteiger partial charge in [-0.25, -0.2) is 9.37 Å². The molecule has 1 aliphatic heterocycles. The van der Waals surface area contributed by atoms with Gasteiger partial charge in [0.25, 0.3) is 0 Å². The molecule has 0 saturated carbocycles. The second-order valence-electron chi connectivity index (χ2n) is 5.94. The predicted molar refractivity (Wildman–Crippen MR) is 86.6 cm³/mol. The van der Waals surface area contributed by atoms with Crippen LogP contribution in [0.2, 0.25) is 0 Å². The Balaban J connectivity index is 1.51. The summed E-state index contributed by atoms with van der Waals surface area (Å²) in [5.74, 6) is -0.109. The van der Waals surface area contributed by atoms with Crippen LogP contribution in [0.3, 0.4) is 0 Å². The average molecular weight is 366 g/mol. The van der Waals surface area contributed by atoms with E-state index in [4.69, 9.17) is 0 Å². The molecule has 0 N–H and O–H groups in total. The summed E-state index contributed by atoms with van der Waals surface area (Å²) < 4.78 is 53.9. The number of aromatic nitrogens is 4. The van der Waals surface area contributed by atoms with Gasteiger partial charge in [0.2, 0.25) is 0 Å². The number of pyridine rings is 2. The average Bonchev–Trinajstić information content (AvgIpc) is 3.10. The van der Waals surface area contributed by atoms with Gasteiger partial charge < -0.3 is 9.80 Å². The lowest BCUT2D eigenvalue weighted by Gasteiger charge is -2.36. The van der Waals surface area contributed by atoms with Crippen molar-refractivity contribution in [2.45, 2.75) is 6.18 Å². The van der Waals surface area contributed by atoms with Gasteiger partial charge in [0, 0.05) is 32.4 Å². The highest BCUT2D eigenvalue weighted by molar-refractivity contribution is 5.52. The standard InChI is InChI=1S/C16H14F4N6/c17-12-8-11(16(18,19)20)9-21-15(12)25-6-4-24(5-7-25)14-3-1-2-13-23-22-10-26(13)14/h1-3,8-10H,4-7H2. The molecule has 0 bridgehead atoms. The van der Waals surface area contributed by atoms with Gasteiger partial charge in [0.15, 0.2) is 17.3 Å². The molecule has 1 fully saturated rings. The summed E-state index contributed by atoms with van der Waals surface area (Å²) in [5, 5.41) is 7.88. The van der Waals surface area contributed by atoms with Gasteiger partial charge in [-0.3, -0.25) is 4.40 Å². The Labute approximate surface area is 145 Å². The van der Waals surface area contributed by atoms with Crippen LogP contribution >= 0.6 is 0 Å². The van der Waals surface area contributed by atoms with E-state index in [1.165, 1.54) is 0 Å². The third kappa shape index (κ3) is 2.91. The smallest absolute Gasteiger partial charge is 0.354 e. The summed E-state index contributed by atoms with van der Waals surface area (Å²) in [6.45, 7) is 2.01. The van der Waals surface area contributed by atoms with E-state index in [-0.39, 0.29) is 5.82 Å². The zero-order chi connectivity index (χ0) is 18.3. The molecule has 0 amide bonds. The van der Waals surface area contributed by atoms with Crippen LogP contribution in [0.15, 0.2) is 36.8 Å². The van der Waals surface area contributed by atoms with Crippen molar-refractivity contribution < 1.29 is 17.6 Å². The summed E-state index contributed by atoms with van der Waals surface area (Å²) in [6, 6.07) is 6.15. The number of halogens is 4. The molecule has 10 heteroatoms. The molecule has 3 aromatic heterocycles. The van der Waals surface area contributed by atoms with Crippen molar-refractivity contribution in [1.82, 2.24) is 19.6 Å². The lowest BCUT2D eigenvalue weighted by atomic mass is 10.2. The summed E-state index contributed by atoms with van der Waals surface area (Å²) in [4.78, 5) is 7.44. The zero-order valence-electron chi connectivity index (χ0n) is 13.5. The topological polar surface area (TPSA) is 49.6 Å². The number of hydrogen-bond donors (Lipinski definition) is 0. The molecule has 4 rings (SSSR count). The van der Waals surface area contributed by atoms with Crippen molar-refractivity contribution in [2.24, 2.45) is 0 Å². The van der Waals surface area contributed by atoms with Crippen molar-refractivity contribution >= 4 is 17.3 Å². The molecule has 26 heavy (non-hydrogen) atoms. The highest BCUT2D eigenvalue weighted by atomic mass is 19.4. The third-order valence-electron chi connectivity index (χ3n) is 4.36. The molecule has 1 saturated heterocycles. The molecule has 1 aliphatic rings. The molecule has 0 atom stereocenters. The molecule has 0 unspecified atom stereocenters. The van der Waals surface area contributed by atoms with E-state index >= 15 is 0 Å². The first-order valence-electron chi connectivity index (χ1n) is 7.95. The van der Waals surface area contributed by atoms with Gasteiger partial charge in [0.05, 0.1) is 5.56 Å². The first-order chi connectivity index (χ1) is 12.4. The fourth-order valence-electron chi connectivity index (χ4n) is 3.06. The molecule has 6 nitrogen and oxygen atoms in total. The molecule has 0 aromatic carbocycles. The number of anilines is 2. The maximum absolute atomic E-state index is 14.1. The highest BCUT2D eigenvalue weighted by Gasteiger charge is 2.32. The van der Waals surface area contributed by atoms with Crippen LogP contribution in [0.25, 0.3) is 5.65 Å². The third-order valence-corrected chi connectivity index (χ3v) is 4.36. The number of fused-ring (bicyclic) bond motifs is 1. The summed E-state index contributed by atoms with van der Waals surface area (Å²) in [7, 11) is 0. The predicted octanol–water partition coefficient (Wildman–Crippen LogP) is 2.61. The molecule has 0 spiro atoms. The van der Waals surface area contributed by atoms with Gasteiger partial charge >= 0.3 is 6.18 Å². The second-order valence-corrected chi connectivity index (χ2v) is 5.94. The van der Waals surface area contributed by atoms with Crippen LogP contribution in [0.1, 0.15) is 5.56 Å². The SMILES string of the molecule is Fc1cc(C(F)(F)F)cnc1N1CCN(c2cccc3nncn23)CC1. The van der Waals surface area contributed by atoms with Gasteiger partial charge in [0.1, 0.15) is 12.1 Å². The normalized spacial score (nSPS) is 15.7. The van der Waals surface area contributed by atoms with Crippen LogP contribution in [0, 0.1) is 5.82 Å². The van der Waals surface area contributed by atoms with Gasteiger partial charge in [-0.05, 0) is 18.2 Å². The van der Waals surface area contributed by atoms with E-state index in [1.807, 2.05) is 22.6 Å². The van der Waals surface area contributed by atoms with Crippen LogP contribution in [-0.4, -0.2) is 45.8 Å². The maximum Gasteiger partial charge on any atom is 0.417 e. The van der Waals surface area contributed by atoms with Crippen molar-refractivity contribution in [3.05, 3.63) is 48.2 Å². The first kappa shape index (κ1) is 16.6. The van der Waals surface area contributed by atoms with Gasteiger partial charge in [-0.15, -0.1) is 10.2 Å². The van der Waals surface area contributed by atoms with E-state index in [2.05, 4.69) is 20.1 Å². The Hall–Kier alpha value is -2.91. The molecule has 0 radical (unpaired) electrons. The van der Waals surface area contributed by atoms with E-state index < -0.39 is 17.6 Å². The Morgan fingerprint density at radius 2 is 1.73 bits per heavy atom. The van der Waals surface area contributed by atoms with E-state index in [0.29, 0.717) is 38.4 Å². The van der Waals surface area contributed by atoms with Crippen LogP contribution in [0.4, 0.5) is 29.2 Å². The molecule has 0 aliphatic carbocycles. The Kier molecular flexibility index (Phi) is 3.89. The summed E-state index contributed by atoms with van der Waals surface area (Å²) >= 11 is 0. The largest absolute Gasteiger partial charge is 0.417 e. The quantitative estimate of drug-likeness (QED) is 0.653. The Morgan fingerprint density at radius 3 is 2.42 bits per heavy atom. The molecule has 3 aromatic rings. The van der Waals surface area contributed by atoms with Crippen molar-refractivity contribution in [3.63, 3.8) is 0 Å². The minimum atomic E-state index is -4.61. The molecule has 136 valence electrons. The van der Waals surface area contributed by atoms with Gasteiger partial charge in [-0.2, -0.15) is 13.2 Å². The number of hydrogen-bond acceptors (Lipinski definition) is 5. The lowest BCUT2D eigenvalue weighted by Crippen LogP contribution is -2.47. The minimum absolute atomic E-state index is 0.0554. The minimum Gasteiger partial charge on any atom is -0.354 e. The maximum atomic E-state index is 14.1. The van der Waals surface area contributed by atoms with Crippen LogP contribution in [-0.2, 0) is 6.18 Å². The first-order valence-corrected chi connectivity index (χ1v) is 7.95. The number of rotatable bonds is 2. The Morgan fingerprint density at radius 1 is 1.00 bits per heavy atom. The van der Waals surface area contributed by atoms with Crippen LogP contribution < -0.4 is 9.80 Å². The fourth-order valence-corrected chi connectivity index (χ4v) is 3.06. The molecular weight excluding hydrogens is 352 g/mol. The van der Waals surface area contributed by atoms with Crippen LogP contribution in [0.5, 0.6) is 0 Å². The zero-order valence-corrected chi connectivity index (χ0v) is 13.5. The summed E-state index contributed by atoms with van der Waals surface area (Å²) in [5.41, 5.74) is -0.364. The Bertz CT molecular complexity index is 930. The number of piperazine rings is 1.